The highest BCUT2D eigenvalue weighted by atomic mass is 16.1. The first-order valence-corrected chi connectivity index (χ1v) is 5.41. The third-order valence-corrected chi connectivity index (χ3v) is 2.70. The molecule has 3 heteroatoms. The molecule has 2 unspecified atom stereocenters. The number of amides is 1. The highest BCUT2D eigenvalue weighted by Gasteiger charge is 2.10. The van der Waals surface area contributed by atoms with E-state index in [4.69, 9.17) is 0 Å². The highest BCUT2D eigenvalue weighted by molar-refractivity contribution is 5.76. The van der Waals surface area contributed by atoms with E-state index in [2.05, 4.69) is 31.4 Å². The van der Waals surface area contributed by atoms with Crippen LogP contribution in [0.3, 0.4) is 0 Å². The predicted octanol–water partition coefficient (Wildman–Crippen LogP) is 1.39. The minimum absolute atomic E-state index is 0.0993. The number of carbonyl (C=O) groups excluding carboxylic acids is 1. The molecular weight excluding hydrogens is 176 g/mol. The third-order valence-electron chi connectivity index (χ3n) is 2.70. The molecule has 0 rings (SSSR count). The zero-order valence-corrected chi connectivity index (χ0v) is 10.1. The average molecular weight is 200 g/mol. The van der Waals surface area contributed by atoms with Gasteiger partial charge in [-0.1, -0.05) is 20.8 Å². The Morgan fingerprint density at radius 1 is 1.21 bits per heavy atom. The van der Waals surface area contributed by atoms with E-state index in [-0.39, 0.29) is 11.9 Å². The maximum absolute atomic E-state index is 11.0. The molecule has 0 saturated heterocycles. The second kappa shape index (κ2) is 6.82. The zero-order chi connectivity index (χ0) is 11.1. The van der Waals surface area contributed by atoms with Gasteiger partial charge < -0.3 is 10.6 Å². The quantitative estimate of drug-likeness (QED) is 0.680. The number of rotatable bonds is 6. The maximum atomic E-state index is 11.0. The summed E-state index contributed by atoms with van der Waals surface area (Å²) in [4.78, 5) is 11.0. The molecule has 2 atom stereocenters. The largest absolute Gasteiger partial charge is 0.359 e. The van der Waals surface area contributed by atoms with Gasteiger partial charge in [0.1, 0.15) is 0 Å². The van der Waals surface area contributed by atoms with Crippen molar-refractivity contribution in [1.82, 2.24) is 10.6 Å². The fraction of sp³-hybridized carbons (Fsp3) is 0.909. The van der Waals surface area contributed by atoms with Gasteiger partial charge in [-0.05, 0) is 25.3 Å². The Bertz CT molecular complexity index is 169. The minimum atomic E-state index is 0.0993. The Kier molecular flexibility index (Phi) is 6.54. The molecule has 0 spiro atoms. The standard InChI is InChI=1S/C11H24N2O/c1-8(2)9(3)7-13-10(4)6-11(14)12-5/h8-10,13H,6-7H2,1-5H3,(H,12,14). The van der Waals surface area contributed by atoms with Gasteiger partial charge in [-0.15, -0.1) is 0 Å². The Hall–Kier alpha value is -0.570. The molecule has 3 nitrogen and oxygen atoms in total. The van der Waals surface area contributed by atoms with Crippen molar-refractivity contribution in [2.75, 3.05) is 13.6 Å². The van der Waals surface area contributed by atoms with Crippen molar-refractivity contribution < 1.29 is 4.79 Å². The number of carbonyl (C=O) groups is 1. The molecule has 0 saturated carbocycles. The summed E-state index contributed by atoms with van der Waals surface area (Å²) in [5.74, 6) is 1.44. The van der Waals surface area contributed by atoms with Crippen LogP contribution in [0.15, 0.2) is 0 Å². The number of hydrogen-bond donors (Lipinski definition) is 2. The molecule has 14 heavy (non-hydrogen) atoms. The van der Waals surface area contributed by atoms with E-state index in [1.807, 2.05) is 6.92 Å². The molecule has 2 N–H and O–H groups in total. The Balaban J connectivity index is 3.63. The van der Waals surface area contributed by atoms with Crippen LogP contribution in [0, 0.1) is 11.8 Å². The molecule has 0 bridgehead atoms. The van der Waals surface area contributed by atoms with Gasteiger partial charge >= 0.3 is 0 Å². The van der Waals surface area contributed by atoms with Crippen molar-refractivity contribution in [3.63, 3.8) is 0 Å². The lowest BCUT2D eigenvalue weighted by molar-refractivity contribution is -0.121. The van der Waals surface area contributed by atoms with Crippen LogP contribution in [-0.2, 0) is 4.79 Å². The zero-order valence-electron chi connectivity index (χ0n) is 10.1. The molecule has 0 radical (unpaired) electrons. The smallest absolute Gasteiger partial charge is 0.221 e. The molecular formula is C11H24N2O. The molecule has 0 aromatic heterocycles. The summed E-state index contributed by atoms with van der Waals surface area (Å²) >= 11 is 0. The first kappa shape index (κ1) is 13.4. The van der Waals surface area contributed by atoms with Gasteiger partial charge in [-0.2, -0.15) is 0 Å². The van der Waals surface area contributed by atoms with Gasteiger partial charge in [0.25, 0.3) is 0 Å². The van der Waals surface area contributed by atoms with Crippen molar-refractivity contribution >= 4 is 5.91 Å². The molecule has 0 fully saturated rings. The summed E-state index contributed by atoms with van der Waals surface area (Å²) in [6, 6.07) is 0.260. The van der Waals surface area contributed by atoms with Crippen LogP contribution in [0.1, 0.15) is 34.1 Å². The van der Waals surface area contributed by atoms with Crippen molar-refractivity contribution in [1.29, 1.82) is 0 Å². The van der Waals surface area contributed by atoms with Crippen LogP contribution in [0.25, 0.3) is 0 Å². The maximum Gasteiger partial charge on any atom is 0.221 e. The van der Waals surface area contributed by atoms with Gasteiger partial charge in [0.05, 0.1) is 0 Å². The molecule has 0 aliphatic heterocycles. The SMILES string of the molecule is CNC(=O)CC(C)NCC(C)C(C)C. The number of hydrogen-bond acceptors (Lipinski definition) is 2. The lowest BCUT2D eigenvalue weighted by Crippen LogP contribution is -2.35. The molecule has 0 aliphatic rings. The van der Waals surface area contributed by atoms with Crippen LogP contribution in [0.5, 0.6) is 0 Å². The second-order valence-electron chi connectivity index (χ2n) is 4.41. The summed E-state index contributed by atoms with van der Waals surface area (Å²) in [5.41, 5.74) is 0. The lowest BCUT2D eigenvalue weighted by Gasteiger charge is -2.19. The van der Waals surface area contributed by atoms with Crippen molar-refractivity contribution in [2.24, 2.45) is 11.8 Å². The van der Waals surface area contributed by atoms with E-state index < -0.39 is 0 Å². The average Bonchev–Trinajstić information content (AvgIpc) is 2.13. The van der Waals surface area contributed by atoms with E-state index in [0.29, 0.717) is 18.3 Å². The van der Waals surface area contributed by atoms with Gasteiger partial charge in [0.15, 0.2) is 0 Å². The van der Waals surface area contributed by atoms with Gasteiger partial charge in [-0.25, -0.2) is 0 Å². The first-order valence-electron chi connectivity index (χ1n) is 5.41. The topological polar surface area (TPSA) is 41.1 Å². The molecule has 1 amide bonds. The molecule has 0 heterocycles. The summed E-state index contributed by atoms with van der Waals surface area (Å²) in [5, 5.41) is 6.00. The second-order valence-corrected chi connectivity index (χ2v) is 4.41. The lowest BCUT2D eigenvalue weighted by atomic mass is 9.98. The fourth-order valence-corrected chi connectivity index (χ4v) is 1.08. The van der Waals surface area contributed by atoms with E-state index in [1.54, 1.807) is 7.05 Å². The van der Waals surface area contributed by atoms with Gasteiger partial charge in [0, 0.05) is 19.5 Å². The van der Waals surface area contributed by atoms with Crippen molar-refractivity contribution in [3.8, 4) is 0 Å². The summed E-state index contributed by atoms with van der Waals surface area (Å²) in [6.07, 6.45) is 0.557. The first-order chi connectivity index (χ1) is 6.47. The Morgan fingerprint density at radius 2 is 1.79 bits per heavy atom. The van der Waals surface area contributed by atoms with Gasteiger partial charge in [-0.3, -0.25) is 4.79 Å². The van der Waals surface area contributed by atoms with E-state index >= 15 is 0 Å². The van der Waals surface area contributed by atoms with Crippen molar-refractivity contribution in [2.45, 2.75) is 40.2 Å². The van der Waals surface area contributed by atoms with E-state index in [9.17, 15) is 4.79 Å². The Morgan fingerprint density at radius 3 is 2.21 bits per heavy atom. The van der Waals surface area contributed by atoms with Crippen LogP contribution >= 0.6 is 0 Å². The van der Waals surface area contributed by atoms with Crippen LogP contribution in [0.4, 0.5) is 0 Å². The minimum Gasteiger partial charge on any atom is -0.359 e. The monoisotopic (exact) mass is 200 g/mol. The number of nitrogens with one attached hydrogen (secondary N) is 2. The van der Waals surface area contributed by atoms with Crippen LogP contribution < -0.4 is 10.6 Å². The Labute approximate surface area is 87.6 Å². The predicted molar refractivity (Wildman–Crippen MR) is 60.2 cm³/mol. The third kappa shape index (κ3) is 5.97. The fourth-order valence-electron chi connectivity index (χ4n) is 1.08. The summed E-state index contributed by atoms with van der Waals surface area (Å²) in [6.45, 7) is 9.69. The van der Waals surface area contributed by atoms with E-state index in [0.717, 1.165) is 6.54 Å². The summed E-state index contributed by atoms with van der Waals surface area (Å²) in [7, 11) is 1.67. The van der Waals surface area contributed by atoms with Gasteiger partial charge in [0.2, 0.25) is 5.91 Å². The molecule has 0 aromatic rings. The highest BCUT2D eigenvalue weighted by Crippen LogP contribution is 2.08. The normalized spacial score (nSPS) is 15.3. The van der Waals surface area contributed by atoms with E-state index in [1.165, 1.54) is 0 Å². The summed E-state index contributed by atoms with van der Waals surface area (Å²) < 4.78 is 0. The van der Waals surface area contributed by atoms with Crippen LogP contribution in [-0.4, -0.2) is 25.5 Å². The van der Waals surface area contributed by atoms with Crippen LogP contribution in [0.2, 0.25) is 0 Å². The molecule has 0 aromatic carbocycles. The van der Waals surface area contributed by atoms with Crippen molar-refractivity contribution in [3.05, 3.63) is 0 Å². The molecule has 0 aliphatic carbocycles. The molecule has 84 valence electrons.